The molecule has 5 nitrogen and oxygen atoms in total. The van der Waals surface area contributed by atoms with Crippen molar-refractivity contribution in [2.24, 2.45) is 0 Å². The Labute approximate surface area is 186 Å². The van der Waals surface area contributed by atoms with E-state index in [-0.39, 0.29) is 33.9 Å². The van der Waals surface area contributed by atoms with Crippen LogP contribution in [0.3, 0.4) is 0 Å². The average molecular weight is 473 g/mol. The molecule has 0 radical (unpaired) electrons. The van der Waals surface area contributed by atoms with Gasteiger partial charge in [-0.2, -0.15) is 16.1 Å². The molecule has 0 N–H and O–H groups in total. The Hall–Kier alpha value is -1.25. The van der Waals surface area contributed by atoms with E-state index >= 15 is 0 Å². The van der Waals surface area contributed by atoms with E-state index in [0.29, 0.717) is 18.7 Å². The second-order valence-electron chi connectivity index (χ2n) is 6.58. The molecule has 0 saturated carbocycles. The second-order valence-corrected chi connectivity index (χ2v) is 10.5. The summed E-state index contributed by atoms with van der Waals surface area (Å²) in [7, 11) is -3.77. The van der Waals surface area contributed by atoms with Crippen LogP contribution in [0.5, 0.6) is 0 Å². The third-order valence-electron chi connectivity index (χ3n) is 4.73. The summed E-state index contributed by atoms with van der Waals surface area (Å²) in [6.07, 6.45) is 0. The molecule has 1 heterocycles. The van der Waals surface area contributed by atoms with Gasteiger partial charge in [0.25, 0.3) is 5.91 Å². The number of hydrogen-bond donors (Lipinski definition) is 0. The first-order chi connectivity index (χ1) is 13.8. The number of thioether (sulfide) groups is 1. The van der Waals surface area contributed by atoms with Crippen molar-refractivity contribution in [3.63, 3.8) is 0 Å². The zero-order chi connectivity index (χ0) is 21.0. The fraction of sp³-hybridized carbons (Fsp3) is 0.350. The Balaban J connectivity index is 1.65. The fourth-order valence-electron chi connectivity index (χ4n) is 3.10. The molecule has 1 saturated heterocycles. The Bertz CT molecular complexity index is 974. The molecule has 0 unspecified atom stereocenters. The number of halogens is 2. The number of piperazine rings is 1. The van der Waals surface area contributed by atoms with Crippen molar-refractivity contribution >= 4 is 50.9 Å². The average Bonchev–Trinajstić information content (AvgIpc) is 2.74. The van der Waals surface area contributed by atoms with Gasteiger partial charge in [-0.25, -0.2) is 8.42 Å². The topological polar surface area (TPSA) is 57.7 Å². The Morgan fingerprint density at radius 2 is 1.69 bits per heavy atom. The number of nitrogens with zero attached hydrogens (tertiary/aromatic N) is 2. The van der Waals surface area contributed by atoms with Gasteiger partial charge in [-0.05, 0) is 35.6 Å². The van der Waals surface area contributed by atoms with Gasteiger partial charge in [-0.3, -0.25) is 4.79 Å². The van der Waals surface area contributed by atoms with E-state index in [1.807, 2.05) is 36.0 Å². The number of carbonyl (C=O) groups excluding carboxylic acids is 1. The number of hydrogen-bond acceptors (Lipinski definition) is 4. The van der Waals surface area contributed by atoms with Crippen LogP contribution in [0.4, 0.5) is 0 Å². The van der Waals surface area contributed by atoms with Crippen LogP contribution in [0, 0.1) is 0 Å². The van der Waals surface area contributed by atoms with Crippen LogP contribution in [0.1, 0.15) is 22.8 Å². The monoisotopic (exact) mass is 472 g/mol. The molecule has 1 aliphatic rings. The van der Waals surface area contributed by atoms with Gasteiger partial charge in [0.2, 0.25) is 10.0 Å². The van der Waals surface area contributed by atoms with E-state index in [0.717, 1.165) is 11.5 Å². The van der Waals surface area contributed by atoms with Crippen LogP contribution < -0.4 is 0 Å². The third kappa shape index (κ3) is 5.09. The number of carbonyl (C=O) groups is 1. The van der Waals surface area contributed by atoms with Gasteiger partial charge in [0.05, 0.1) is 10.0 Å². The van der Waals surface area contributed by atoms with Crippen molar-refractivity contribution in [2.75, 3.05) is 31.9 Å². The maximum atomic E-state index is 12.9. The third-order valence-corrected chi connectivity index (χ3v) is 8.55. The van der Waals surface area contributed by atoms with Crippen LogP contribution in [0.15, 0.2) is 47.4 Å². The minimum atomic E-state index is -3.77. The molecule has 29 heavy (non-hydrogen) atoms. The lowest BCUT2D eigenvalue weighted by Crippen LogP contribution is -2.50. The molecule has 9 heteroatoms. The van der Waals surface area contributed by atoms with Gasteiger partial charge in [-0.15, -0.1) is 0 Å². The summed E-state index contributed by atoms with van der Waals surface area (Å²) in [5, 5.41) is 0.219. The predicted molar refractivity (Wildman–Crippen MR) is 119 cm³/mol. The molecular formula is C20H22Cl2N2O3S2. The van der Waals surface area contributed by atoms with E-state index in [9.17, 15) is 13.2 Å². The molecule has 0 bridgehead atoms. The molecule has 1 fully saturated rings. The lowest BCUT2D eigenvalue weighted by Gasteiger charge is -2.34. The lowest BCUT2D eigenvalue weighted by atomic mass is 10.1. The summed E-state index contributed by atoms with van der Waals surface area (Å²) in [5.41, 5.74) is 1.80. The summed E-state index contributed by atoms with van der Waals surface area (Å²) in [5.74, 6) is 1.89. The van der Waals surface area contributed by atoms with Crippen LogP contribution in [-0.4, -0.2) is 55.5 Å². The summed E-state index contributed by atoms with van der Waals surface area (Å²) in [6, 6.07) is 12.2. The van der Waals surface area contributed by atoms with Crippen molar-refractivity contribution in [3.05, 3.63) is 63.6 Å². The summed E-state index contributed by atoms with van der Waals surface area (Å²) >= 11 is 13.9. The van der Waals surface area contributed by atoms with Gasteiger partial charge in [0.1, 0.15) is 4.90 Å². The summed E-state index contributed by atoms with van der Waals surface area (Å²) in [6.45, 7) is 3.18. The predicted octanol–water partition coefficient (Wildman–Crippen LogP) is 4.39. The Kier molecular flexibility index (Phi) is 7.51. The first-order valence-electron chi connectivity index (χ1n) is 9.24. The van der Waals surface area contributed by atoms with E-state index in [4.69, 9.17) is 23.2 Å². The summed E-state index contributed by atoms with van der Waals surface area (Å²) in [4.78, 5) is 14.4. The van der Waals surface area contributed by atoms with Gasteiger partial charge in [0, 0.05) is 37.5 Å². The van der Waals surface area contributed by atoms with E-state index in [1.54, 1.807) is 17.0 Å². The number of rotatable bonds is 6. The molecule has 3 rings (SSSR count). The molecule has 2 aromatic carbocycles. The number of benzene rings is 2. The molecule has 0 aromatic heterocycles. The zero-order valence-corrected chi connectivity index (χ0v) is 19.1. The quantitative estimate of drug-likeness (QED) is 0.625. The van der Waals surface area contributed by atoms with Gasteiger partial charge >= 0.3 is 0 Å². The van der Waals surface area contributed by atoms with Crippen LogP contribution >= 0.6 is 35.0 Å². The van der Waals surface area contributed by atoms with E-state index in [1.165, 1.54) is 15.9 Å². The van der Waals surface area contributed by atoms with Gasteiger partial charge in [-0.1, -0.05) is 48.3 Å². The van der Waals surface area contributed by atoms with Crippen molar-refractivity contribution in [2.45, 2.75) is 17.6 Å². The first-order valence-corrected chi connectivity index (χ1v) is 12.6. The molecule has 0 spiro atoms. The highest BCUT2D eigenvalue weighted by Gasteiger charge is 2.32. The minimum absolute atomic E-state index is 0.00742. The maximum Gasteiger partial charge on any atom is 0.253 e. The van der Waals surface area contributed by atoms with E-state index < -0.39 is 10.0 Å². The normalized spacial score (nSPS) is 15.5. The largest absolute Gasteiger partial charge is 0.336 e. The molecule has 1 aliphatic heterocycles. The van der Waals surface area contributed by atoms with Gasteiger partial charge in [0.15, 0.2) is 0 Å². The fourth-order valence-corrected chi connectivity index (χ4v) is 5.89. The second kappa shape index (κ2) is 9.71. The highest BCUT2D eigenvalue weighted by molar-refractivity contribution is 7.98. The molecular weight excluding hydrogens is 451 g/mol. The Morgan fingerprint density at radius 1 is 1.03 bits per heavy atom. The van der Waals surface area contributed by atoms with Crippen LogP contribution in [-0.2, 0) is 15.8 Å². The lowest BCUT2D eigenvalue weighted by molar-refractivity contribution is 0.0698. The first kappa shape index (κ1) is 22.4. The van der Waals surface area contributed by atoms with E-state index in [2.05, 4.69) is 6.92 Å². The highest BCUT2D eigenvalue weighted by Crippen LogP contribution is 2.31. The van der Waals surface area contributed by atoms with Crippen molar-refractivity contribution in [3.8, 4) is 0 Å². The standard InChI is InChI=1S/C20H22Cl2N2O3S2/c1-2-28-14-15-6-8-16(9-7-15)20(25)23-10-12-24(13-11-23)29(26,27)18-5-3-4-17(21)19(18)22/h3-9H,2,10-14H2,1H3. The molecule has 1 amide bonds. The highest BCUT2D eigenvalue weighted by atomic mass is 35.5. The van der Waals surface area contributed by atoms with Crippen molar-refractivity contribution in [1.82, 2.24) is 9.21 Å². The smallest absolute Gasteiger partial charge is 0.253 e. The molecule has 2 aromatic rings. The van der Waals surface area contributed by atoms with Crippen LogP contribution in [0.2, 0.25) is 10.0 Å². The minimum Gasteiger partial charge on any atom is -0.336 e. The van der Waals surface area contributed by atoms with Crippen LogP contribution in [0.25, 0.3) is 0 Å². The van der Waals surface area contributed by atoms with Crippen molar-refractivity contribution < 1.29 is 13.2 Å². The maximum absolute atomic E-state index is 12.9. The number of amides is 1. The molecule has 0 aliphatic carbocycles. The molecule has 156 valence electrons. The Morgan fingerprint density at radius 3 is 2.31 bits per heavy atom. The zero-order valence-electron chi connectivity index (χ0n) is 16.0. The van der Waals surface area contributed by atoms with Crippen molar-refractivity contribution in [1.29, 1.82) is 0 Å². The molecule has 0 atom stereocenters. The number of sulfonamides is 1. The summed E-state index contributed by atoms with van der Waals surface area (Å²) < 4.78 is 27.2. The van der Waals surface area contributed by atoms with Gasteiger partial charge < -0.3 is 4.90 Å². The SMILES string of the molecule is CCSCc1ccc(C(=O)N2CCN(S(=O)(=O)c3cccc(Cl)c3Cl)CC2)cc1.